The summed E-state index contributed by atoms with van der Waals surface area (Å²) < 4.78 is 0. The maximum absolute atomic E-state index is 11.9. The average Bonchev–Trinajstić information content (AvgIpc) is 2.62. The number of ketones is 1. The summed E-state index contributed by atoms with van der Waals surface area (Å²) in [7, 11) is 0. The molecule has 0 spiro atoms. The number of Topliss-reactive ketones (excluding diaryl/α,β-unsaturated/α-hetero) is 1. The van der Waals surface area contributed by atoms with E-state index in [9.17, 15) is 9.59 Å². The Bertz CT molecular complexity index is 363. The molecule has 0 fully saturated rings. The summed E-state index contributed by atoms with van der Waals surface area (Å²) in [5.41, 5.74) is 5.56. The predicted molar refractivity (Wildman–Crippen MR) is 116 cm³/mol. The SMILES string of the molecule is CCCCCCCCCCCCCCCC(=O)CC[C@H](C)[C@H](N)C(=O)O.[NaH]. The Morgan fingerprint density at radius 2 is 1.19 bits per heavy atom. The Morgan fingerprint density at radius 3 is 1.59 bits per heavy atom. The standard InChI is InChI=1S/C22H43NO3.Na.H/c1-3-4-5-6-7-8-9-10-11-12-13-14-15-16-20(24)18-17-19(2)21(23)22(25)26;;/h19,21H,3-18,23H2,1-2H3,(H,25,26);;/t19-,21-;;/m0../s1. The van der Waals surface area contributed by atoms with Crippen molar-refractivity contribution in [1.29, 1.82) is 0 Å². The molecule has 3 N–H and O–H groups in total. The number of hydrogen-bond donors (Lipinski definition) is 2. The van der Waals surface area contributed by atoms with Gasteiger partial charge in [0.05, 0.1) is 0 Å². The Hall–Kier alpha value is 0.100. The third-order valence-electron chi connectivity index (χ3n) is 5.34. The van der Waals surface area contributed by atoms with Crippen molar-refractivity contribution < 1.29 is 14.7 Å². The molecule has 0 aromatic carbocycles. The minimum absolute atomic E-state index is 0. The van der Waals surface area contributed by atoms with Gasteiger partial charge in [-0.25, -0.2) is 0 Å². The van der Waals surface area contributed by atoms with E-state index in [4.69, 9.17) is 10.8 Å². The normalized spacial score (nSPS) is 13.0. The number of hydrogen-bond acceptors (Lipinski definition) is 3. The second-order valence-corrected chi connectivity index (χ2v) is 7.91. The van der Waals surface area contributed by atoms with Crippen molar-refractivity contribution in [2.75, 3.05) is 0 Å². The van der Waals surface area contributed by atoms with Gasteiger partial charge in [-0.1, -0.05) is 90.9 Å². The third kappa shape index (κ3) is 19.2. The molecule has 0 aliphatic rings. The number of nitrogens with two attached hydrogens (primary N) is 1. The molecule has 27 heavy (non-hydrogen) atoms. The summed E-state index contributed by atoms with van der Waals surface area (Å²) in [4.78, 5) is 22.6. The van der Waals surface area contributed by atoms with E-state index in [1.54, 1.807) is 6.92 Å². The van der Waals surface area contributed by atoms with E-state index in [2.05, 4.69) is 6.92 Å². The van der Waals surface area contributed by atoms with Crippen molar-refractivity contribution in [1.82, 2.24) is 0 Å². The van der Waals surface area contributed by atoms with Gasteiger partial charge in [0.2, 0.25) is 0 Å². The van der Waals surface area contributed by atoms with Crippen molar-refractivity contribution in [3.63, 3.8) is 0 Å². The van der Waals surface area contributed by atoms with Crippen LogP contribution in [0.15, 0.2) is 0 Å². The summed E-state index contributed by atoms with van der Waals surface area (Å²) >= 11 is 0. The molecule has 2 atom stereocenters. The Labute approximate surface area is 189 Å². The van der Waals surface area contributed by atoms with Crippen molar-refractivity contribution >= 4 is 41.3 Å². The molecule has 0 heterocycles. The molecule has 0 aliphatic carbocycles. The molecular formula is C22H44NNaO3. The fraction of sp³-hybridized carbons (Fsp3) is 0.909. The number of carbonyl (C=O) groups is 2. The summed E-state index contributed by atoms with van der Waals surface area (Å²) in [5, 5.41) is 8.84. The van der Waals surface area contributed by atoms with Crippen LogP contribution in [-0.4, -0.2) is 52.5 Å². The van der Waals surface area contributed by atoms with Gasteiger partial charge in [0, 0.05) is 12.8 Å². The van der Waals surface area contributed by atoms with Gasteiger partial charge in [-0.15, -0.1) is 0 Å². The predicted octanol–water partition coefficient (Wildman–Crippen LogP) is 5.22. The van der Waals surface area contributed by atoms with Gasteiger partial charge in [-0.2, -0.15) is 0 Å². The van der Waals surface area contributed by atoms with Crippen LogP contribution in [0.5, 0.6) is 0 Å². The van der Waals surface area contributed by atoms with Crippen LogP contribution in [-0.2, 0) is 9.59 Å². The first-order valence-electron chi connectivity index (χ1n) is 11.0. The van der Waals surface area contributed by atoms with Gasteiger partial charge in [0.1, 0.15) is 11.8 Å². The van der Waals surface area contributed by atoms with Crippen molar-refractivity contribution in [2.24, 2.45) is 11.7 Å². The van der Waals surface area contributed by atoms with E-state index < -0.39 is 12.0 Å². The molecule has 0 radical (unpaired) electrons. The second-order valence-electron chi connectivity index (χ2n) is 7.91. The zero-order valence-electron chi connectivity index (χ0n) is 17.3. The van der Waals surface area contributed by atoms with Crippen LogP contribution in [0.3, 0.4) is 0 Å². The van der Waals surface area contributed by atoms with E-state index in [1.807, 2.05) is 0 Å². The number of unbranched alkanes of at least 4 members (excludes halogenated alkanes) is 12. The third-order valence-corrected chi connectivity index (χ3v) is 5.34. The molecule has 0 saturated carbocycles. The molecule has 0 saturated heterocycles. The van der Waals surface area contributed by atoms with Gasteiger partial charge < -0.3 is 10.8 Å². The molecule has 0 aliphatic heterocycles. The first-order chi connectivity index (χ1) is 12.5. The molecule has 4 nitrogen and oxygen atoms in total. The molecule has 0 rings (SSSR count). The molecular weight excluding hydrogens is 349 g/mol. The summed E-state index contributed by atoms with van der Waals surface area (Å²) in [6.45, 7) is 4.06. The zero-order chi connectivity index (χ0) is 19.6. The Morgan fingerprint density at radius 1 is 0.778 bits per heavy atom. The van der Waals surface area contributed by atoms with E-state index in [0.717, 1.165) is 12.8 Å². The molecule has 0 aromatic heterocycles. The van der Waals surface area contributed by atoms with Crippen LogP contribution in [0.4, 0.5) is 0 Å². The fourth-order valence-corrected chi connectivity index (χ4v) is 3.28. The number of aliphatic carboxylic acids is 1. The van der Waals surface area contributed by atoms with Crippen LogP contribution >= 0.6 is 0 Å². The molecule has 0 bridgehead atoms. The Balaban J connectivity index is 0. The molecule has 0 aromatic rings. The molecule has 0 unspecified atom stereocenters. The molecule has 5 heteroatoms. The van der Waals surface area contributed by atoms with Gasteiger partial charge in [0.25, 0.3) is 0 Å². The van der Waals surface area contributed by atoms with Crippen molar-refractivity contribution in [3.05, 3.63) is 0 Å². The van der Waals surface area contributed by atoms with Crippen molar-refractivity contribution in [3.8, 4) is 0 Å². The van der Waals surface area contributed by atoms with Gasteiger partial charge in [0.15, 0.2) is 0 Å². The summed E-state index contributed by atoms with van der Waals surface area (Å²) in [6.07, 6.45) is 18.6. The van der Waals surface area contributed by atoms with Gasteiger partial charge >= 0.3 is 35.5 Å². The van der Waals surface area contributed by atoms with Crippen LogP contribution < -0.4 is 5.73 Å². The molecule has 156 valence electrons. The number of carboxylic acids is 1. The maximum atomic E-state index is 11.9. The fourth-order valence-electron chi connectivity index (χ4n) is 3.28. The zero-order valence-corrected chi connectivity index (χ0v) is 17.3. The number of carbonyl (C=O) groups excluding carboxylic acids is 1. The molecule has 0 amide bonds. The number of carboxylic acid groups (broad SMARTS) is 1. The monoisotopic (exact) mass is 393 g/mol. The van der Waals surface area contributed by atoms with Gasteiger partial charge in [-0.05, 0) is 18.8 Å². The van der Waals surface area contributed by atoms with Crippen LogP contribution in [0.1, 0.15) is 117 Å². The van der Waals surface area contributed by atoms with Gasteiger partial charge in [-0.3, -0.25) is 9.59 Å². The van der Waals surface area contributed by atoms with Crippen LogP contribution in [0.2, 0.25) is 0 Å². The minimum atomic E-state index is -0.985. The Kier molecular flexibility index (Phi) is 22.6. The van der Waals surface area contributed by atoms with E-state index in [0.29, 0.717) is 19.3 Å². The summed E-state index contributed by atoms with van der Waals surface area (Å²) in [6, 6.07) is -0.862. The van der Waals surface area contributed by atoms with E-state index in [-0.39, 0.29) is 41.3 Å². The first-order valence-corrected chi connectivity index (χ1v) is 11.0. The van der Waals surface area contributed by atoms with Crippen LogP contribution in [0.25, 0.3) is 0 Å². The van der Waals surface area contributed by atoms with E-state index >= 15 is 0 Å². The average molecular weight is 394 g/mol. The quantitative estimate of drug-likeness (QED) is 0.233. The number of rotatable bonds is 19. The van der Waals surface area contributed by atoms with Crippen LogP contribution in [0, 0.1) is 5.92 Å². The summed E-state index contributed by atoms with van der Waals surface area (Å²) in [5.74, 6) is -0.887. The second kappa shape index (κ2) is 20.8. The van der Waals surface area contributed by atoms with E-state index in [1.165, 1.54) is 70.6 Å². The first kappa shape index (κ1) is 29.3. The van der Waals surface area contributed by atoms with Crippen molar-refractivity contribution in [2.45, 2.75) is 123 Å². The topological polar surface area (TPSA) is 80.4 Å².